The third kappa shape index (κ3) is 6.05. The minimum atomic E-state index is -0.311. The summed E-state index contributed by atoms with van der Waals surface area (Å²) >= 11 is 6.29. The van der Waals surface area contributed by atoms with Crippen LogP contribution in [0.5, 0.6) is 5.75 Å². The molecule has 2 aromatic rings. The molecule has 2 amide bonds. The van der Waals surface area contributed by atoms with Gasteiger partial charge in [-0.25, -0.2) is 0 Å². The first-order valence-electron chi connectivity index (χ1n) is 12.6. The number of ether oxygens (including phenoxy) is 1. The number of carbonyl (C=O) groups excluding carboxylic acids is 2. The standard InChI is InChI=1S/C27H36ClN5O3/c1-4-36-25-8-6-5-7-23(25)31-13-15-32(16-14-31)27(35)22-18-33(19-26(34)29-11-12-30(2)3)24-17-20(28)9-10-21(22)24/h5-10,17,22H,4,11-16,18-19H2,1-3H3,(H,29,34). The lowest BCUT2D eigenvalue weighted by atomic mass is 9.99. The number of piperazine rings is 1. The summed E-state index contributed by atoms with van der Waals surface area (Å²) in [4.78, 5) is 34.5. The molecule has 1 atom stereocenters. The van der Waals surface area contributed by atoms with E-state index in [1.165, 1.54) is 0 Å². The van der Waals surface area contributed by atoms with Crippen molar-refractivity contribution in [3.05, 3.63) is 53.1 Å². The molecule has 1 N–H and O–H groups in total. The molecule has 4 rings (SSSR count). The van der Waals surface area contributed by atoms with E-state index >= 15 is 0 Å². The van der Waals surface area contributed by atoms with E-state index in [2.05, 4.69) is 16.3 Å². The lowest BCUT2D eigenvalue weighted by Gasteiger charge is -2.37. The van der Waals surface area contributed by atoms with Gasteiger partial charge in [0.2, 0.25) is 11.8 Å². The molecule has 2 heterocycles. The van der Waals surface area contributed by atoms with E-state index in [0.29, 0.717) is 37.8 Å². The lowest BCUT2D eigenvalue weighted by molar-refractivity contribution is -0.132. The Balaban J connectivity index is 1.41. The number of hydrogen-bond acceptors (Lipinski definition) is 6. The second-order valence-corrected chi connectivity index (χ2v) is 9.94. The first kappa shape index (κ1) is 26.1. The maximum atomic E-state index is 13.7. The van der Waals surface area contributed by atoms with Crippen LogP contribution in [-0.2, 0) is 9.59 Å². The van der Waals surface area contributed by atoms with Crippen molar-refractivity contribution in [2.24, 2.45) is 0 Å². The van der Waals surface area contributed by atoms with Gasteiger partial charge in [0.05, 0.1) is 24.8 Å². The molecule has 2 aliphatic rings. The Hall–Kier alpha value is -2.97. The van der Waals surface area contributed by atoms with Crippen LogP contribution in [0.15, 0.2) is 42.5 Å². The van der Waals surface area contributed by atoms with Gasteiger partial charge < -0.3 is 29.7 Å². The Morgan fingerprint density at radius 1 is 1.08 bits per heavy atom. The second kappa shape index (κ2) is 11.8. The summed E-state index contributed by atoms with van der Waals surface area (Å²) in [5, 5.41) is 3.56. The topological polar surface area (TPSA) is 68.4 Å². The maximum Gasteiger partial charge on any atom is 0.239 e. The molecular weight excluding hydrogens is 478 g/mol. The van der Waals surface area contributed by atoms with Gasteiger partial charge in [-0.15, -0.1) is 0 Å². The highest BCUT2D eigenvalue weighted by Gasteiger charge is 2.37. The predicted molar refractivity (Wildman–Crippen MR) is 144 cm³/mol. The number of amides is 2. The number of carbonyl (C=O) groups is 2. The van der Waals surface area contributed by atoms with E-state index in [1.54, 1.807) is 0 Å². The number of halogens is 1. The van der Waals surface area contributed by atoms with Crippen molar-refractivity contribution in [3.8, 4) is 5.75 Å². The zero-order chi connectivity index (χ0) is 25.7. The van der Waals surface area contributed by atoms with Crippen molar-refractivity contribution >= 4 is 34.8 Å². The molecule has 9 heteroatoms. The van der Waals surface area contributed by atoms with Crippen molar-refractivity contribution in [3.63, 3.8) is 0 Å². The Kier molecular flexibility index (Phi) is 8.59. The van der Waals surface area contributed by atoms with Crippen molar-refractivity contribution in [1.82, 2.24) is 15.1 Å². The number of para-hydroxylation sites is 2. The molecule has 0 spiro atoms. The minimum Gasteiger partial charge on any atom is -0.492 e. The summed E-state index contributed by atoms with van der Waals surface area (Å²) in [7, 11) is 3.94. The molecule has 0 radical (unpaired) electrons. The van der Waals surface area contributed by atoms with E-state index in [0.717, 1.165) is 42.3 Å². The second-order valence-electron chi connectivity index (χ2n) is 9.50. The Morgan fingerprint density at radius 3 is 2.56 bits per heavy atom. The lowest BCUT2D eigenvalue weighted by Crippen LogP contribution is -2.50. The van der Waals surface area contributed by atoms with Gasteiger partial charge in [-0.2, -0.15) is 0 Å². The maximum absolute atomic E-state index is 13.7. The van der Waals surface area contributed by atoms with Crippen LogP contribution in [0.3, 0.4) is 0 Å². The zero-order valence-corrected chi connectivity index (χ0v) is 22.1. The smallest absolute Gasteiger partial charge is 0.239 e. The molecule has 2 aliphatic heterocycles. The summed E-state index contributed by atoms with van der Waals surface area (Å²) in [6, 6.07) is 13.7. The largest absolute Gasteiger partial charge is 0.492 e. The van der Waals surface area contributed by atoms with E-state index in [1.807, 2.05) is 72.1 Å². The fourth-order valence-electron chi connectivity index (χ4n) is 4.90. The first-order chi connectivity index (χ1) is 17.4. The van der Waals surface area contributed by atoms with E-state index in [-0.39, 0.29) is 24.3 Å². The van der Waals surface area contributed by atoms with E-state index in [4.69, 9.17) is 16.3 Å². The quantitative estimate of drug-likeness (QED) is 0.556. The van der Waals surface area contributed by atoms with Gasteiger partial charge in [-0.3, -0.25) is 9.59 Å². The average molecular weight is 514 g/mol. The molecule has 0 saturated carbocycles. The van der Waals surface area contributed by atoms with Crippen LogP contribution in [0, 0.1) is 0 Å². The molecule has 1 unspecified atom stereocenters. The summed E-state index contributed by atoms with van der Waals surface area (Å²) < 4.78 is 5.80. The Bertz CT molecular complexity index is 1070. The molecule has 0 aliphatic carbocycles. The zero-order valence-electron chi connectivity index (χ0n) is 21.4. The molecule has 194 valence electrons. The highest BCUT2D eigenvalue weighted by molar-refractivity contribution is 6.31. The number of likely N-dealkylation sites (N-methyl/N-ethyl adjacent to an activating group) is 1. The number of fused-ring (bicyclic) bond motifs is 1. The van der Waals surface area contributed by atoms with Crippen LogP contribution in [0.4, 0.5) is 11.4 Å². The number of hydrogen-bond donors (Lipinski definition) is 1. The van der Waals surface area contributed by atoms with Gasteiger partial charge in [0.1, 0.15) is 5.75 Å². The average Bonchev–Trinajstić information content (AvgIpc) is 3.21. The number of benzene rings is 2. The van der Waals surface area contributed by atoms with Crippen molar-refractivity contribution in [1.29, 1.82) is 0 Å². The van der Waals surface area contributed by atoms with E-state index in [9.17, 15) is 9.59 Å². The molecule has 0 bridgehead atoms. The number of rotatable bonds is 9. The summed E-state index contributed by atoms with van der Waals surface area (Å²) in [5.41, 5.74) is 2.88. The molecule has 1 saturated heterocycles. The normalized spacial score (nSPS) is 17.4. The van der Waals surface area contributed by atoms with Crippen molar-refractivity contribution < 1.29 is 14.3 Å². The van der Waals surface area contributed by atoms with Crippen LogP contribution in [0.25, 0.3) is 0 Å². The van der Waals surface area contributed by atoms with Crippen LogP contribution < -0.4 is 19.9 Å². The highest BCUT2D eigenvalue weighted by atomic mass is 35.5. The highest BCUT2D eigenvalue weighted by Crippen LogP contribution is 2.39. The predicted octanol–water partition coefficient (Wildman–Crippen LogP) is 2.67. The molecule has 8 nitrogen and oxygen atoms in total. The first-order valence-corrected chi connectivity index (χ1v) is 13.0. The van der Waals surface area contributed by atoms with Gasteiger partial charge in [-0.1, -0.05) is 29.8 Å². The van der Waals surface area contributed by atoms with Crippen LogP contribution in [-0.4, -0.2) is 94.7 Å². The third-order valence-electron chi connectivity index (χ3n) is 6.72. The molecule has 36 heavy (non-hydrogen) atoms. The van der Waals surface area contributed by atoms with Gasteiger partial charge in [0, 0.05) is 56.5 Å². The fraction of sp³-hybridized carbons (Fsp3) is 0.481. The number of anilines is 2. The SMILES string of the molecule is CCOc1ccccc1N1CCN(C(=O)C2CN(CC(=O)NCCN(C)C)c3cc(Cl)ccc32)CC1. The van der Waals surface area contributed by atoms with E-state index < -0.39 is 0 Å². The van der Waals surface area contributed by atoms with Crippen LogP contribution >= 0.6 is 11.6 Å². The molecule has 2 aromatic carbocycles. The summed E-state index contributed by atoms with van der Waals surface area (Å²) in [6.07, 6.45) is 0. The van der Waals surface area contributed by atoms with Crippen LogP contribution in [0.1, 0.15) is 18.4 Å². The summed E-state index contributed by atoms with van der Waals surface area (Å²) in [5.74, 6) is 0.610. The molecule has 1 fully saturated rings. The summed E-state index contributed by atoms with van der Waals surface area (Å²) in [6.45, 7) is 7.41. The minimum absolute atomic E-state index is 0.0579. The Labute approximate surface area is 218 Å². The van der Waals surface area contributed by atoms with Crippen molar-refractivity contribution in [2.45, 2.75) is 12.8 Å². The molecular formula is C27H36ClN5O3. The number of nitrogens with one attached hydrogen (secondary N) is 1. The fourth-order valence-corrected chi connectivity index (χ4v) is 5.06. The van der Waals surface area contributed by atoms with Gasteiger partial charge in [-0.05, 0) is 50.8 Å². The van der Waals surface area contributed by atoms with Gasteiger partial charge in [0.15, 0.2) is 0 Å². The monoisotopic (exact) mass is 513 g/mol. The van der Waals surface area contributed by atoms with Gasteiger partial charge >= 0.3 is 0 Å². The Morgan fingerprint density at radius 2 is 1.83 bits per heavy atom. The van der Waals surface area contributed by atoms with Crippen molar-refractivity contribution in [2.75, 3.05) is 82.9 Å². The number of nitrogens with zero attached hydrogens (tertiary/aromatic N) is 4. The van der Waals surface area contributed by atoms with Gasteiger partial charge in [0.25, 0.3) is 0 Å². The third-order valence-corrected chi connectivity index (χ3v) is 6.96. The van der Waals surface area contributed by atoms with Crippen LogP contribution in [0.2, 0.25) is 5.02 Å². The molecule has 0 aromatic heterocycles.